The molecule has 0 spiro atoms. The Morgan fingerprint density at radius 2 is 2.05 bits per heavy atom. The van der Waals surface area contributed by atoms with Gasteiger partial charge in [0.25, 0.3) is 5.91 Å². The van der Waals surface area contributed by atoms with Crippen LogP contribution >= 0.6 is 0 Å². The minimum Gasteiger partial charge on any atom is -0.376 e. The van der Waals surface area contributed by atoms with Gasteiger partial charge in [0, 0.05) is 12.2 Å². The minimum absolute atomic E-state index is 0.0233. The second-order valence-corrected chi connectivity index (χ2v) is 5.34. The van der Waals surface area contributed by atoms with E-state index >= 15 is 0 Å². The SMILES string of the molecule is C[C@H](NC(=O)c1cccc2ccccc12)[C@@H]1CCCO1. The van der Waals surface area contributed by atoms with Gasteiger partial charge in [0.2, 0.25) is 0 Å². The molecule has 0 radical (unpaired) electrons. The van der Waals surface area contributed by atoms with Crippen molar-refractivity contribution in [2.75, 3.05) is 6.61 Å². The molecule has 104 valence electrons. The Hall–Kier alpha value is -1.87. The van der Waals surface area contributed by atoms with Crippen LogP contribution in [0, 0.1) is 0 Å². The van der Waals surface area contributed by atoms with E-state index < -0.39 is 0 Å². The zero-order valence-electron chi connectivity index (χ0n) is 11.6. The Morgan fingerprint density at radius 1 is 1.25 bits per heavy atom. The Morgan fingerprint density at radius 3 is 2.85 bits per heavy atom. The van der Waals surface area contributed by atoms with Gasteiger partial charge < -0.3 is 10.1 Å². The number of hydrogen-bond acceptors (Lipinski definition) is 2. The second kappa shape index (κ2) is 5.63. The highest BCUT2D eigenvalue weighted by Crippen LogP contribution is 2.20. The molecule has 1 amide bonds. The van der Waals surface area contributed by atoms with Crippen molar-refractivity contribution in [3.8, 4) is 0 Å². The van der Waals surface area contributed by atoms with Gasteiger partial charge in [-0.15, -0.1) is 0 Å². The van der Waals surface area contributed by atoms with Crippen LogP contribution in [0.15, 0.2) is 42.5 Å². The fourth-order valence-electron chi connectivity index (χ4n) is 2.80. The summed E-state index contributed by atoms with van der Waals surface area (Å²) in [6.45, 7) is 2.82. The number of ether oxygens (including phenoxy) is 1. The lowest BCUT2D eigenvalue weighted by atomic mass is 10.0. The zero-order valence-corrected chi connectivity index (χ0v) is 11.6. The van der Waals surface area contributed by atoms with Gasteiger partial charge in [0.15, 0.2) is 0 Å². The topological polar surface area (TPSA) is 38.3 Å². The van der Waals surface area contributed by atoms with Gasteiger partial charge in [-0.2, -0.15) is 0 Å². The summed E-state index contributed by atoms with van der Waals surface area (Å²) in [5, 5.41) is 5.15. The first-order valence-electron chi connectivity index (χ1n) is 7.16. The lowest BCUT2D eigenvalue weighted by Crippen LogP contribution is -2.40. The summed E-state index contributed by atoms with van der Waals surface area (Å²) in [5.41, 5.74) is 0.730. The molecule has 3 nitrogen and oxygen atoms in total. The van der Waals surface area contributed by atoms with Crippen LogP contribution in [0.3, 0.4) is 0 Å². The number of carbonyl (C=O) groups is 1. The quantitative estimate of drug-likeness (QED) is 0.929. The molecule has 0 aliphatic carbocycles. The van der Waals surface area contributed by atoms with Crippen molar-refractivity contribution in [3.05, 3.63) is 48.0 Å². The summed E-state index contributed by atoms with van der Waals surface area (Å²) in [6.07, 6.45) is 2.25. The standard InChI is InChI=1S/C17H19NO2/c1-12(16-10-5-11-20-16)18-17(19)15-9-4-7-13-6-2-3-8-14(13)15/h2-4,6-9,12,16H,5,10-11H2,1H3,(H,18,19)/t12-,16-/m0/s1. The van der Waals surface area contributed by atoms with E-state index in [9.17, 15) is 4.79 Å². The van der Waals surface area contributed by atoms with Crippen molar-refractivity contribution in [1.29, 1.82) is 0 Å². The van der Waals surface area contributed by atoms with Crippen LogP contribution in [0.5, 0.6) is 0 Å². The number of benzene rings is 2. The Kier molecular flexibility index (Phi) is 3.70. The zero-order chi connectivity index (χ0) is 13.9. The van der Waals surface area contributed by atoms with Crippen LogP contribution in [-0.2, 0) is 4.74 Å². The molecule has 1 heterocycles. The van der Waals surface area contributed by atoms with Crippen molar-refractivity contribution in [2.45, 2.75) is 31.9 Å². The van der Waals surface area contributed by atoms with Crippen molar-refractivity contribution in [1.82, 2.24) is 5.32 Å². The fraction of sp³-hybridized carbons (Fsp3) is 0.353. The van der Waals surface area contributed by atoms with Crippen LogP contribution in [0.25, 0.3) is 10.8 Å². The molecule has 0 saturated carbocycles. The summed E-state index contributed by atoms with van der Waals surface area (Å²) in [6, 6.07) is 13.8. The fourth-order valence-corrected chi connectivity index (χ4v) is 2.80. The third-order valence-corrected chi connectivity index (χ3v) is 3.92. The molecule has 0 bridgehead atoms. The van der Waals surface area contributed by atoms with Crippen molar-refractivity contribution in [3.63, 3.8) is 0 Å². The molecule has 1 aliphatic rings. The second-order valence-electron chi connectivity index (χ2n) is 5.34. The number of rotatable bonds is 3. The predicted molar refractivity (Wildman–Crippen MR) is 79.9 cm³/mol. The maximum absolute atomic E-state index is 12.5. The smallest absolute Gasteiger partial charge is 0.252 e. The average molecular weight is 269 g/mol. The van der Waals surface area contributed by atoms with E-state index in [1.165, 1.54) is 0 Å². The predicted octanol–water partition coefficient (Wildman–Crippen LogP) is 3.14. The van der Waals surface area contributed by atoms with Crippen LogP contribution in [0.2, 0.25) is 0 Å². The molecule has 2 aromatic carbocycles. The first-order valence-corrected chi connectivity index (χ1v) is 7.16. The lowest BCUT2D eigenvalue weighted by molar-refractivity contribution is 0.0713. The molecule has 2 atom stereocenters. The molecule has 3 rings (SSSR count). The molecule has 1 aliphatic heterocycles. The van der Waals surface area contributed by atoms with Crippen molar-refractivity contribution < 1.29 is 9.53 Å². The molecule has 1 saturated heterocycles. The van der Waals surface area contributed by atoms with Gasteiger partial charge in [-0.25, -0.2) is 0 Å². The first-order chi connectivity index (χ1) is 9.75. The maximum Gasteiger partial charge on any atom is 0.252 e. The molecule has 1 fully saturated rings. The van der Waals surface area contributed by atoms with Gasteiger partial charge in [0.1, 0.15) is 0 Å². The van der Waals surface area contributed by atoms with Crippen LogP contribution in [0.4, 0.5) is 0 Å². The highest BCUT2D eigenvalue weighted by molar-refractivity contribution is 6.07. The summed E-state index contributed by atoms with van der Waals surface area (Å²) in [5.74, 6) is -0.0233. The Labute approximate surface area is 118 Å². The molecule has 3 heteroatoms. The van der Waals surface area contributed by atoms with E-state index in [2.05, 4.69) is 5.32 Å². The van der Waals surface area contributed by atoms with E-state index in [0.29, 0.717) is 0 Å². The van der Waals surface area contributed by atoms with E-state index in [1.54, 1.807) is 0 Å². The molecule has 2 aromatic rings. The largest absolute Gasteiger partial charge is 0.376 e. The van der Waals surface area contributed by atoms with E-state index in [-0.39, 0.29) is 18.1 Å². The van der Waals surface area contributed by atoms with E-state index in [0.717, 1.165) is 35.8 Å². The molecule has 0 aromatic heterocycles. The van der Waals surface area contributed by atoms with Gasteiger partial charge in [0.05, 0.1) is 12.1 Å². The Bertz CT molecular complexity index is 612. The molecular formula is C17H19NO2. The average Bonchev–Trinajstić information content (AvgIpc) is 3.01. The normalized spacial score (nSPS) is 19.9. The highest BCUT2D eigenvalue weighted by atomic mass is 16.5. The van der Waals surface area contributed by atoms with Gasteiger partial charge >= 0.3 is 0 Å². The van der Waals surface area contributed by atoms with Crippen molar-refractivity contribution in [2.24, 2.45) is 0 Å². The van der Waals surface area contributed by atoms with E-state index in [4.69, 9.17) is 4.74 Å². The summed E-state index contributed by atoms with van der Waals surface area (Å²) < 4.78 is 5.62. The maximum atomic E-state index is 12.5. The number of fused-ring (bicyclic) bond motifs is 1. The van der Waals surface area contributed by atoms with Crippen LogP contribution in [0.1, 0.15) is 30.1 Å². The number of nitrogens with one attached hydrogen (secondary N) is 1. The lowest BCUT2D eigenvalue weighted by Gasteiger charge is -2.20. The van der Waals surface area contributed by atoms with Crippen LogP contribution < -0.4 is 5.32 Å². The minimum atomic E-state index is -0.0233. The summed E-state index contributed by atoms with van der Waals surface area (Å²) >= 11 is 0. The van der Waals surface area contributed by atoms with Crippen molar-refractivity contribution >= 4 is 16.7 Å². The molecular weight excluding hydrogens is 250 g/mol. The van der Waals surface area contributed by atoms with E-state index in [1.807, 2.05) is 49.4 Å². The third-order valence-electron chi connectivity index (χ3n) is 3.92. The first kappa shape index (κ1) is 13.1. The van der Waals surface area contributed by atoms with Crippen LogP contribution in [-0.4, -0.2) is 24.7 Å². The van der Waals surface area contributed by atoms with Gasteiger partial charge in [-0.05, 0) is 36.6 Å². The summed E-state index contributed by atoms with van der Waals surface area (Å²) in [4.78, 5) is 12.5. The molecule has 0 unspecified atom stereocenters. The third kappa shape index (κ3) is 2.54. The van der Waals surface area contributed by atoms with Gasteiger partial charge in [-0.1, -0.05) is 36.4 Å². The number of carbonyl (C=O) groups excluding carboxylic acids is 1. The molecule has 20 heavy (non-hydrogen) atoms. The Balaban J connectivity index is 1.81. The van der Waals surface area contributed by atoms with Gasteiger partial charge in [-0.3, -0.25) is 4.79 Å². The number of amides is 1. The summed E-state index contributed by atoms with van der Waals surface area (Å²) in [7, 11) is 0. The number of hydrogen-bond donors (Lipinski definition) is 1. The molecule has 1 N–H and O–H groups in total. The highest BCUT2D eigenvalue weighted by Gasteiger charge is 2.24. The monoisotopic (exact) mass is 269 g/mol.